The van der Waals surface area contributed by atoms with Gasteiger partial charge in [0, 0.05) is 68.6 Å². The third-order valence-corrected chi connectivity index (χ3v) is 8.35. The zero-order valence-electron chi connectivity index (χ0n) is 22.4. The fraction of sp³-hybridized carbons (Fsp3) is 0.464. The van der Waals surface area contributed by atoms with Crippen LogP contribution in [0.5, 0.6) is 0 Å². The summed E-state index contributed by atoms with van der Waals surface area (Å²) in [7, 11) is 0. The van der Waals surface area contributed by atoms with Crippen molar-refractivity contribution in [3.8, 4) is 0 Å². The molecule has 3 aliphatic heterocycles. The zero-order chi connectivity index (χ0) is 27.8. The summed E-state index contributed by atoms with van der Waals surface area (Å²) in [6, 6.07) is 5.60. The van der Waals surface area contributed by atoms with Gasteiger partial charge in [-0.1, -0.05) is 17.7 Å². The molecule has 0 saturated carbocycles. The Balaban J connectivity index is 1.19. The minimum Gasteiger partial charge on any atom is -0.465 e. The number of carbonyl (C=O) groups excluding carboxylic acids is 2. The third-order valence-electron chi connectivity index (χ3n) is 7.94. The van der Waals surface area contributed by atoms with Crippen molar-refractivity contribution >= 4 is 35.2 Å². The quantitative estimate of drug-likeness (QED) is 0.561. The topological polar surface area (TPSA) is 110 Å². The van der Waals surface area contributed by atoms with Crippen molar-refractivity contribution in [1.82, 2.24) is 24.7 Å². The molecule has 2 saturated heterocycles. The maximum absolute atomic E-state index is 13.3. The highest BCUT2D eigenvalue weighted by Gasteiger charge is 2.39. The average Bonchev–Trinajstić information content (AvgIpc) is 3.41. The van der Waals surface area contributed by atoms with E-state index in [0.717, 1.165) is 37.3 Å². The first kappa shape index (κ1) is 27.1. The lowest BCUT2D eigenvalue weighted by Gasteiger charge is -2.39. The van der Waals surface area contributed by atoms with Crippen LogP contribution in [0.25, 0.3) is 0 Å². The van der Waals surface area contributed by atoms with Crippen molar-refractivity contribution in [1.29, 1.82) is 0 Å². The molecule has 0 spiro atoms. The summed E-state index contributed by atoms with van der Waals surface area (Å²) >= 11 is 6.36. The number of amides is 3. The summed E-state index contributed by atoms with van der Waals surface area (Å²) in [5, 5.41) is 9.76. The summed E-state index contributed by atoms with van der Waals surface area (Å²) in [5.41, 5.74) is 4.87. The molecule has 11 heteroatoms. The van der Waals surface area contributed by atoms with Crippen LogP contribution in [0.1, 0.15) is 33.7 Å². The molecule has 0 bridgehead atoms. The maximum atomic E-state index is 13.3. The Morgan fingerprint density at radius 2 is 1.79 bits per heavy atom. The first-order valence-corrected chi connectivity index (χ1v) is 13.6. The van der Waals surface area contributed by atoms with Crippen LogP contribution in [0.15, 0.2) is 36.3 Å². The summed E-state index contributed by atoms with van der Waals surface area (Å²) in [6.07, 6.45) is 3.22. The van der Waals surface area contributed by atoms with Gasteiger partial charge in [-0.2, -0.15) is 0 Å². The van der Waals surface area contributed by atoms with Crippen LogP contribution in [-0.2, 0) is 4.79 Å². The van der Waals surface area contributed by atoms with Crippen molar-refractivity contribution in [3.05, 3.63) is 63.8 Å². The molecule has 2 aromatic rings. The monoisotopic (exact) mass is 552 g/mol. The van der Waals surface area contributed by atoms with Crippen LogP contribution in [0.2, 0.25) is 5.02 Å². The number of likely N-dealkylation sites (tertiary alicyclic amines) is 2. The van der Waals surface area contributed by atoms with E-state index < -0.39 is 6.09 Å². The van der Waals surface area contributed by atoms with Gasteiger partial charge in [0.05, 0.1) is 22.9 Å². The van der Waals surface area contributed by atoms with Crippen LogP contribution < -0.4 is 4.90 Å². The minimum atomic E-state index is -1.000. The molecule has 206 valence electrons. The smallest absolute Gasteiger partial charge is 0.407 e. The van der Waals surface area contributed by atoms with E-state index in [1.807, 2.05) is 39.1 Å². The van der Waals surface area contributed by atoms with Crippen molar-refractivity contribution in [2.45, 2.75) is 27.2 Å². The number of nitrogens with zero attached hydrogens (tertiary/aromatic N) is 6. The lowest BCUT2D eigenvalue weighted by atomic mass is 9.98. The fourth-order valence-corrected chi connectivity index (χ4v) is 5.81. The van der Waals surface area contributed by atoms with E-state index in [2.05, 4.69) is 14.9 Å². The van der Waals surface area contributed by atoms with Gasteiger partial charge in [0.15, 0.2) is 0 Å². The van der Waals surface area contributed by atoms with Gasteiger partial charge in [0.1, 0.15) is 6.33 Å². The molecule has 0 aliphatic carbocycles. The predicted octanol–water partition coefficient (Wildman–Crippen LogP) is 3.36. The molecule has 10 nitrogen and oxygen atoms in total. The second-order valence-corrected chi connectivity index (χ2v) is 11.1. The Morgan fingerprint density at radius 3 is 2.44 bits per heavy atom. The van der Waals surface area contributed by atoms with Crippen LogP contribution in [0.3, 0.4) is 0 Å². The molecule has 3 aliphatic rings. The van der Waals surface area contributed by atoms with Crippen LogP contribution in [-0.4, -0.2) is 93.5 Å². The number of benzene rings is 1. The van der Waals surface area contributed by atoms with E-state index >= 15 is 0 Å². The second-order valence-electron chi connectivity index (χ2n) is 10.7. The Hall–Kier alpha value is -3.50. The van der Waals surface area contributed by atoms with Crippen molar-refractivity contribution in [2.24, 2.45) is 11.8 Å². The molecular formula is C28H33ClN6O4. The van der Waals surface area contributed by atoms with Crippen molar-refractivity contribution < 1.29 is 19.5 Å². The predicted molar refractivity (Wildman–Crippen MR) is 147 cm³/mol. The maximum Gasteiger partial charge on any atom is 0.407 e. The van der Waals surface area contributed by atoms with Gasteiger partial charge in [-0.3, -0.25) is 14.5 Å². The lowest BCUT2D eigenvalue weighted by molar-refractivity contribution is -0.126. The number of aryl methyl sites for hydroxylation is 3. The van der Waals surface area contributed by atoms with E-state index in [-0.39, 0.29) is 30.8 Å². The first-order chi connectivity index (χ1) is 18.6. The average molecular weight is 553 g/mol. The Morgan fingerprint density at radius 1 is 1.08 bits per heavy atom. The molecule has 1 N–H and O–H groups in total. The number of hydrogen-bond donors (Lipinski definition) is 1. The second kappa shape index (κ2) is 10.9. The molecule has 1 aromatic heterocycles. The fourth-order valence-electron chi connectivity index (χ4n) is 5.63. The van der Waals surface area contributed by atoms with Gasteiger partial charge in [0.2, 0.25) is 5.91 Å². The summed E-state index contributed by atoms with van der Waals surface area (Å²) < 4.78 is 0. The molecule has 2 fully saturated rings. The molecule has 1 atom stereocenters. The molecule has 5 rings (SSSR count). The van der Waals surface area contributed by atoms with Crippen molar-refractivity contribution in [3.63, 3.8) is 0 Å². The number of anilines is 1. The Bertz CT molecular complexity index is 1320. The van der Waals surface area contributed by atoms with Gasteiger partial charge < -0.3 is 19.8 Å². The number of fused-ring (bicyclic) bond motifs is 1. The molecule has 1 unspecified atom stereocenters. The molecule has 4 heterocycles. The zero-order valence-corrected chi connectivity index (χ0v) is 23.2. The molecule has 39 heavy (non-hydrogen) atoms. The Kier molecular flexibility index (Phi) is 7.59. The van der Waals surface area contributed by atoms with Gasteiger partial charge >= 0.3 is 6.09 Å². The number of carbonyl (C=O) groups is 3. The minimum absolute atomic E-state index is 0.0533. The number of aromatic nitrogens is 2. The molecule has 1 aromatic carbocycles. The highest BCUT2D eigenvalue weighted by atomic mass is 35.5. The number of hydrogen-bond acceptors (Lipinski definition) is 6. The highest BCUT2D eigenvalue weighted by Crippen LogP contribution is 2.32. The standard InChI is InChI=1S/C28H33ClN6O4/c1-17-5-6-23(9-24(17)29)35(26(36)22-14-34(15-22)28(38)39)8-4-7-32-10-20-12-33(13-21(20)11-32)27(37)25-18(2)30-16-31-19(25)3/h5-6,9,12,16,21-22H,4,7-8,10-11,13-15H2,1-3H3,(H,38,39). The number of carboxylic acid groups (broad SMARTS) is 1. The summed E-state index contributed by atoms with van der Waals surface area (Å²) in [5.74, 6) is -0.173. The number of halogens is 1. The van der Waals surface area contributed by atoms with Crippen molar-refractivity contribution in [2.75, 3.05) is 50.7 Å². The van der Waals surface area contributed by atoms with Crippen LogP contribution >= 0.6 is 11.6 Å². The first-order valence-electron chi connectivity index (χ1n) is 13.2. The highest BCUT2D eigenvalue weighted by molar-refractivity contribution is 6.31. The largest absolute Gasteiger partial charge is 0.465 e. The van der Waals surface area contributed by atoms with E-state index in [1.54, 1.807) is 15.9 Å². The van der Waals surface area contributed by atoms with Gasteiger partial charge in [-0.15, -0.1) is 0 Å². The van der Waals surface area contributed by atoms with E-state index in [9.17, 15) is 14.4 Å². The molecular weight excluding hydrogens is 520 g/mol. The third kappa shape index (κ3) is 5.49. The number of rotatable bonds is 7. The van der Waals surface area contributed by atoms with Gasteiger partial charge in [-0.05, 0) is 50.5 Å². The van der Waals surface area contributed by atoms with E-state index in [0.29, 0.717) is 41.0 Å². The van der Waals surface area contributed by atoms with E-state index in [1.165, 1.54) is 16.8 Å². The summed E-state index contributed by atoms with van der Waals surface area (Å²) in [4.78, 5) is 53.2. The SMILES string of the molecule is Cc1ccc(N(CCCN2CC3=CN(C(=O)c4c(C)ncnc4C)CC3C2)C(=O)C2CN(C(=O)O)C2)cc1Cl. The van der Waals surface area contributed by atoms with Gasteiger partial charge in [-0.25, -0.2) is 14.8 Å². The van der Waals surface area contributed by atoms with E-state index in [4.69, 9.17) is 16.7 Å². The Labute approximate surface area is 232 Å². The normalized spacial score (nSPS) is 19.1. The lowest BCUT2D eigenvalue weighted by Crippen LogP contribution is -2.56. The van der Waals surface area contributed by atoms with Gasteiger partial charge in [0.25, 0.3) is 5.91 Å². The van der Waals surface area contributed by atoms with Crippen LogP contribution in [0.4, 0.5) is 10.5 Å². The molecule has 0 radical (unpaired) electrons. The molecule has 3 amide bonds. The summed E-state index contributed by atoms with van der Waals surface area (Å²) in [6.45, 7) is 9.63. The van der Waals surface area contributed by atoms with Crippen LogP contribution in [0, 0.1) is 32.6 Å².